The summed E-state index contributed by atoms with van der Waals surface area (Å²) in [6.07, 6.45) is 1.29. The van der Waals surface area contributed by atoms with E-state index in [1.54, 1.807) is 19.1 Å². The molecule has 0 bridgehead atoms. The lowest BCUT2D eigenvalue weighted by Crippen LogP contribution is -2.35. The normalized spacial score (nSPS) is 15.4. The van der Waals surface area contributed by atoms with Gasteiger partial charge in [-0.05, 0) is 42.3 Å². The van der Waals surface area contributed by atoms with Gasteiger partial charge in [-0.3, -0.25) is 9.69 Å². The number of ether oxygens (including phenoxy) is 1. The van der Waals surface area contributed by atoms with Crippen LogP contribution in [0, 0.1) is 17.7 Å². The highest BCUT2D eigenvalue weighted by molar-refractivity contribution is 5.45. The minimum absolute atomic E-state index is 0.0977. The van der Waals surface area contributed by atoms with Crippen molar-refractivity contribution in [3.05, 3.63) is 92.9 Å². The zero-order chi connectivity index (χ0) is 26.9. The summed E-state index contributed by atoms with van der Waals surface area (Å²) in [5.74, 6) is 4.63. The Morgan fingerprint density at radius 1 is 1.16 bits per heavy atom. The first-order valence-electron chi connectivity index (χ1n) is 12.7. The molecule has 3 N–H and O–H groups in total. The number of nitrogens with one attached hydrogen (secondary N) is 2. The number of halogens is 2. The van der Waals surface area contributed by atoms with Gasteiger partial charge in [0.15, 0.2) is 0 Å². The molecule has 1 aliphatic heterocycles. The molecule has 9 heteroatoms. The van der Waals surface area contributed by atoms with Crippen molar-refractivity contribution in [2.75, 3.05) is 39.5 Å². The summed E-state index contributed by atoms with van der Waals surface area (Å²) in [5, 5.41) is 13.1. The summed E-state index contributed by atoms with van der Waals surface area (Å²) >= 11 is 0. The Labute approximate surface area is 220 Å². The molecule has 0 radical (unpaired) electrons. The number of aromatic nitrogens is 2. The molecule has 38 heavy (non-hydrogen) atoms. The van der Waals surface area contributed by atoms with E-state index in [0.29, 0.717) is 11.1 Å². The van der Waals surface area contributed by atoms with Gasteiger partial charge < -0.3 is 20.1 Å². The van der Waals surface area contributed by atoms with Gasteiger partial charge in [0.05, 0.1) is 25.2 Å². The van der Waals surface area contributed by atoms with Crippen LogP contribution in [-0.4, -0.2) is 65.5 Å². The zero-order valence-corrected chi connectivity index (χ0v) is 21.3. The molecule has 0 unspecified atom stereocenters. The molecular formula is C29H32F2N4O3. The Bertz CT molecular complexity index is 1330. The first-order chi connectivity index (χ1) is 18.4. The van der Waals surface area contributed by atoms with Gasteiger partial charge in [-0.15, -0.1) is 0 Å². The van der Waals surface area contributed by atoms with Gasteiger partial charge in [-0.2, -0.15) is 0 Å². The van der Waals surface area contributed by atoms with Crippen molar-refractivity contribution in [2.45, 2.75) is 31.8 Å². The van der Waals surface area contributed by atoms with Crippen LogP contribution in [0.5, 0.6) is 5.75 Å². The quantitative estimate of drug-likeness (QED) is 0.374. The maximum atomic E-state index is 15.3. The van der Waals surface area contributed by atoms with Crippen molar-refractivity contribution in [3.8, 4) is 17.6 Å². The molecule has 3 aromatic rings. The molecule has 4 rings (SSSR count). The SMILES string of the molecule is C[C@H](CF)NC[C@H](Cc1nc[nH]c(=O)c1O)c1ccc(C#Cc2ccc(CN3CCOCC3)cc2)cc1F. The third-order valence-electron chi connectivity index (χ3n) is 6.54. The van der Waals surface area contributed by atoms with E-state index in [1.165, 1.54) is 18.0 Å². The Morgan fingerprint density at radius 3 is 2.58 bits per heavy atom. The van der Waals surface area contributed by atoms with E-state index in [0.717, 1.165) is 38.4 Å². The summed E-state index contributed by atoms with van der Waals surface area (Å²) in [6, 6.07) is 12.3. The number of H-pyrrole nitrogens is 1. The molecule has 0 amide bonds. The number of nitrogens with zero attached hydrogens (tertiary/aromatic N) is 2. The molecule has 7 nitrogen and oxygen atoms in total. The largest absolute Gasteiger partial charge is 0.502 e. The molecule has 1 saturated heterocycles. The monoisotopic (exact) mass is 522 g/mol. The standard InChI is InChI=1S/C29H32F2N4O3/c1-20(16-30)32-17-24(15-27-28(36)29(37)34-19-33-27)25-9-8-22(14-26(25)31)5-2-21-3-6-23(7-4-21)18-35-10-12-38-13-11-35/h3-4,6-9,14,19-20,24,32,36H,10-13,15-18H2,1H3,(H,33,34,37)/t20-,24+/m1/s1. The van der Waals surface area contributed by atoms with Crippen molar-refractivity contribution < 1.29 is 18.6 Å². The van der Waals surface area contributed by atoms with E-state index in [4.69, 9.17) is 4.74 Å². The van der Waals surface area contributed by atoms with Gasteiger partial charge in [-0.1, -0.05) is 30.0 Å². The molecule has 1 aliphatic rings. The molecule has 0 saturated carbocycles. The van der Waals surface area contributed by atoms with E-state index >= 15 is 4.39 Å². The Kier molecular flexibility index (Phi) is 9.60. The summed E-state index contributed by atoms with van der Waals surface area (Å²) in [4.78, 5) is 20.5. The number of hydrogen-bond donors (Lipinski definition) is 3. The molecule has 2 heterocycles. The van der Waals surface area contributed by atoms with Gasteiger partial charge in [0.25, 0.3) is 5.56 Å². The number of aromatic amines is 1. The van der Waals surface area contributed by atoms with Crippen LogP contribution in [0.15, 0.2) is 53.6 Å². The molecular weight excluding hydrogens is 490 g/mol. The second-order valence-electron chi connectivity index (χ2n) is 9.46. The molecule has 1 aromatic heterocycles. The molecule has 0 aliphatic carbocycles. The van der Waals surface area contributed by atoms with Gasteiger partial charge >= 0.3 is 0 Å². The lowest BCUT2D eigenvalue weighted by molar-refractivity contribution is 0.0342. The van der Waals surface area contributed by atoms with Crippen LogP contribution in [-0.2, 0) is 17.7 Å². The summed E-state index contributed by atoms with van der Waals surface area (Å²) in [5.41, 5.74) is 2.40. The minimum Gasteiger partial charge on any atom is -0.502 e. The maximum absolute atomic E-state index is 15.3. The molecule has 0 spiro atoms. The number of morpholine rings is 1. The number of rotatable bonds is 9. The second-order valence-corrected chi connectivity index (χ2v) is 9.46. The molecule has 1 fully saturated rings. The Hall–Kier alpha value is -3.58. The average molecular weight is 523 g/mol. The van der Waals surface area contributed by atoms with Crippen LogP contribution < -0.4 is 10.9 Å². The topological polar surface area (TPSA) is 90.5 Å². The van der Waals surface area contributed by atoms with E-state index < -0.39 is 35.8 Å². The number of benzene rings is 2. The average Bonchev–Trinajstić information content (AvgIpc) is 2.93. The highest BCUT2D eigenvalue weighted by Gasteiger charge is 2.21. The first-order valence-corrected chi connectivity index (χ1v) is 12.7. The maximum Gasteiger partial charge on any atom is 0.293 e. The van der Waals surface area contributed by atoms with E-state index in [2.05, 4.69) is 44.2 Å². The lowest BCUT2D eigenvalue weighted by atomic mass is 9.92. The highest BCUT2D eigenvalue weighted by atomic mass is 19.1. The van der Waals surface area contributed by atoms with Crippen LogP contribution in [0.3, 0.4) is 0 Å². The fourth-order valence-corrected chi connectivity index (χ4v) is 4.29. The van der Waals surface area contributed by atoms with Crippen LogP contribution >= 0.6 is 0 Å². The van der Waals surface area contributed by atoms with Gasteiger partial charge in [0, 0.05) is 55.7 Å². The Balaban J connectivity index is 1.48. The molecule has 2 atom stereocenters. The zero-order valence-electron chi connectivity index (χ0n) is 21.3. The smallest absolute Gasteiger partial charge is 0.293 e. The van der Waals surface area contributed by atoms with Gasteiger partial charge in [-0.25, -0.2) is 13.8 Å². The fourth-order valence-electron chi connectivity index (χ4n) is 4.29. The van der Waals surface area contributed by atoms with Crippen LogP contribution in [0.2, 0.25) is 0 Å². The van der Waals surface area contributed by atoms with E-state index in [1.807, 2.05) is 12.1 Å². The summed E-state index contributed by atoms with van der Waals surface area (Å²) in [7, 11) is 0. The third-order valence-corrected chi connectivity index (χ3v) is 6.54. The summed E-state index contributed by atoms with van der Waals surface area (Å²) in [6.45, 7) is 5.59. The van der Waals surface area contributed by atoms with Gasteiger partial charge in [0.1, 0.15) is 12.5 Å². The highest BCUT2D eigenvalue weighted by Crippen LogP contribution is 2.25. The van der Waals surface area contributed by atoms with Crippen molar-refractivity contribution >= 4 is 0 Å². The van der Waals surface area contributed by atoms with Crippen molar-refractivity contribution in [3.63, 3.8) is 0 Å². The predicted octanol–water partition coefficient (Wildman–Crippen LogP) is 3.12. The van der Waals surface area contributed by atoms with Crippen LogP contribution in [0.4, 0.5) is 8.78 Å². The Morgan fingerprint density at radius 2 is 1.87 bits per heavy atom. The van der Waals surface area contributed by atoms with Gasteiger partial charge in [0.2, 0.25) is 5.75 Å². The molecule has 2 aromatic carbocycles. The van der Waals surface area contributed by atoms with Crippen molar-refractivity contribution in [1.82, 2.24) is 20.2 Å². The van der Waals surface area contributed by atoms with E-state index in [9.17, 15) is 14.3 Å². The lowest BCUT2D eigenvalue weighted by Gasteiger charge is -2.26. The van der Waals surface area contributed by atoms with Crippen LogP contribution in [0.25, 0.3) is 0 Å². The molecule has 200 valence electrons. The summed E-state index contributed by atoms with van der Waals surface area (Å²) < 4.78 is 33.7. The number of alkyl halides is 1. The van der Waals surface area contributed by atoms with Crippen molar-refractivity contribution in [2.24, 2.45) is 0 Å². The van der Waals surface area contributed by atoms with Crippen LogP contribution in [0.1, 0.15) is 40.8 Å². The fraction of sp³-hybridized carbons (Fsp3) is 0.379. The predicted molar refractivity (Wildman–Crippen MR) is 141 cm³/mol. The van der Waals surface area contributed by atoms with Crippen molar-refractivity contribution in [1.29, 1.82) is 0 Å². The number of hydrogen-bond acceptors (Lipinski definition) is 6. The minimum atomic E-state index is -0.668. The third kappa shape index (κ3) is 7.48. The second kappa shape index (κ2) is 13.3. The first kappa shape index (κ1) is 27.5. The number of aromatic hydroxyl groups is 1. The van der Waals surface area contributed by atoms with E-state index in [-0.39, 0.29) is 18.7 Å².